The van der Waals surface area contributed by atoms with Crippen LogP contribution in [0.15, 0.2) is 36.5 Å². The van der Waals surface area contributed by atoms with E-state index in [1.54, 1.807) is 0 Å². The number of halogens is 2. The van der Waals surface area contributed by atoms with Crippen molar-refractivity contribution >= 4 is 5.91 Å². The Kier molecular flexibility index (Phi) is 3.70. The fourth-order valence-corrected chi connectivity index (χ4v) is 1.43. The lowest BCUT2D eigenvalue weighted by Gasteiger charge is -2.07. The van der Waals surface area contributed by atoms with Crippen LogP contribution in [-0.2, 0) is 6.61 Å². The second-order valence-corrected chi connectivity index (χ2v) is 3.78. The molecule has 0 unspecified atom stereocenters. The van der Waals surface area contributed by atoms with Crippen molar-refractivity contribution in [1.82, 2.24) is 4.98 Å². The Morgan fingerprint density at radius 2 is 2.05 bits per heavy atom. The number of hydrogen-bond donors (Lipinski definition) is 1. The van der Waals surface area contributed by atoms with Gasteiger partial charge in [0.1, 0.15) is 18.2 Å². The lowest BCUT2D eigenvalue weighted by molar-refractivity contribution is 0.0999. The normalized spacial score (nSPS) is 10.2. The number of nitrogens with zero attached hydrogens (tertiary/aromatic N) is 1. The molecule has 4 nitrogen and oxygen atoms in total. The van der Waals surface area contributed by atoms with Crippen LogP contribution in [0.2, 0.25) is 0 Å². The molecule has 1 amide bonds. The van der Waals surface area contributed by atoms with Crippen molar-refractivity contribution in [1.29, 1.82) is 0 Å². The van der Waals surface area contributed by atoms with Gasteiger partial charge in [0, 0.05) is 11.1 Å². The summed E-state index contributed by atoms with van der Waals surface area (Å²) >= 11 is 0. The summed E-state index contributed by atoms with van der Waals surface area (Å²) in [7, 11) is 0. The fraction of sp³-hybridized carbons (Fsp3) is 0.0769. The largest absolute Gasteiger partial charge is 0.487 e. The first kappa shape index (κ1) is 12.9. The molecule has 6 heteroatoms. The average Bonchev–Trinajstić information content (AvgIpc) is 2.39. The second kappa shape index (κ2) is 5.43. The topological polar surface area (TPSA) is 65.2 Å². The van der Waals surface area contributed by atoms with E-state index in [9.17, 15) is 13.6 Å². The Morgan fingerprint density at radius 3 is 2.63 bits per heavy atom. The second-order valence-electron chi connectivity index (χ2n) is 3.78. The number of benzene rings is 1. The number of carbonyl (C=O) groups is 1. The van der Waals surface area contributed by atoms with Gasteiger partial charge in [-0.2, -0.15) is 4.39 Å². The lowest BCUT2D eigenvalue weighted by atomic mass is 10.1. The number of nitrogens with two attached hydrogens (primary N) is 1. The smallest absolute Gasteiger partial charge is 0.248 e. The first-order chi connectivity index (χ1) is 9.06. The van der Waals surface area contributed by atoms with Crippen molar-refractivity contribution < 1.29 is 18.3 Å². The number of rotatable bonds is 4. The van der Waals surface area contributed by atoms with Crippen molar-refractivity contribution in [2.75, 3.05) is 0 Å². The zero-order valence-electron chi connectivity index (χ0n) is 9.77. The molecule has 0 aliphatic carbocycles. The molecule has 0 spiro atoms. The van der Waals surface area contributed by atoms with E-state index in [4.69, 9.17) is 10.5 Å². The van der Waals surface area contributed by atoms with Crippen LogP contribution in [-0.4, -0.2) is 10.9 Å². The molecule has 1 heterocycles. The van der Waals surface area contributed by atoms with Crippen molar-refractivity contribution in [3.8, 4) is 5.75 Å². The summed E-state index contributed by atoms with van der Waals surface area (Å²) in [4.78, 5) is 14.3. The molecule has 98 valence electrons. The zero-order valence-corrected chi connectivity index (χ0v) is 9.77. The molecule has 0 radical (unpaired) electrons. The van der Waals surface area contributed by atoms with Gasteiger partial charge < -0.3 is 10.5 Å². The fourth-order valence-electron chi connectivity index (χ4n) is 1.43. The Bertz CT molecular complexity index is 600. The van der Waals surface area contributed by atoms with E-state index in [1.807, 2.05) is 0 Å². The van der Waals surface area contributed by atoms with Crippen LogP contribution < -0.4 is 10.5 Å². The predicted molar refractivity (Wildman–Crippen MR) is 63.4 cm³/mol. The number of ether oxygens (including phenoxy) is 1. The Labute approximate surface area is 107 Å². The van der Waals surface area contributed by atoms with Gasteiger partial charge >= 0.3 is 0 Å². The van der Waals surface area contributed by atoms with Crippen molar-refractivity contribution in [2.24, 2.45) is 5.73 Å². The number of hydrogen-bond acceptors (Lipinski definition) is 3. The molecule has 0 fully saturated rings. The SMILES string of the molecule is NC(=O)c1ccc(COc2ccc(F)nc2)c(F)c1. The molecular formula is C13H10F2N2O2. The van der Waals surface area contributed by atoms with E-state index >= 15 is 0 Å². The van der Waals surface area contributed by atoms with Gasteiger partial charge in [-0.1, -0.05) is 6.07 Å². The van der Waals surface area contributed by atoms with Crippen molar-refractivity contribution in [2.45, 2.75) is 6.61 Å². The first-order valence-electron chi connectivity index (χ1n) is 5.39. The highest BCUT2D eigenvalue weighted by Crippen LogP contribution is 2.15. The van der Waals surface area contributed by atoms with E-state index in [0.717, 1.165) is 12.1 Å². The van der Waals surface area contributed by atoms with Gasteiger partial charge in [-0.25, -0.2) is 9.37 Å². The van der Waals surface area contributed by atoms with Crippen LogP contribution >= 0.6 is 0 Å². The molecule has 0 aliphatic rings. The third-order valence-corrected chi connectivity index (χ3v) is 2.43. The average molecular weight is 264 g/mol. The highest BCUT2D eigenvalue weighted by atomic mass is 19.1. The Balaban J connectivity index is 2.07. The minimum Gasteiger partial charge on any atom is -0.487 e. The van der Waals surface area contributed by atoms with E-state index < -0.39 is 17.7 Å². The highest BCUT2D eigenvalue weighted by molar-refractivity contribution is 5.92. The highest BCUT2D eigenvalue weighted by Gasteiger charge is 2.07. The number of amides is 1. The molecule has 0 saturated heterocycles. The Morgan fingerprint density at radius 1 is 1.26 bits per heavy atom. The van der Waals surface area contributed by atoms with E-state index in [1.165, 1.54) is 24.4 Å². The standard InChI is InChI=1S/C13H10F2N2O2/c14-11-5-8(13(16)18)1-2-9(11)7-19-10-3-4-12(15)17-6-10/h1-6H,7H2,(H2,16,18). The monoisotopic (exact) mass is 264 g/mol. The van der Waals surface area contributed by atoms with E-state index in [-0.39, 0.29) is 17.7 Å². The summed E-state index contributed by atoms with van der Waals surface area (Å²) in [5, 5.41) is 0. The minimum absolute atomic E-state index is 0.0574. The zero-order chi connectivity index (χ0) is 13.8. The summed E-state index contributed by atoms with van der Waals surface area (Å²) in [5.74, 6) is -1.59. The van der Waals surface area contributed by atoms with Gasteiger partial charge in [-0.05, 0) is 24.3 Å². The van der Waals surface area contributed by atoms with E-state index in [2.05, 4.69) is 4.98 Å². The quantitative estimate of drug-likeness (QED) is 0.859. The predicted octanol–water partition coefficient (Wildman–Crippen LogP) is 2.04. The van der Waals surface area contributed by atoms with Crippen LogP contribution in [0.4, 0.5) is 8.78 Å². The maximum Gasteiger partial charge on any atom is 0.248 e. The maximum atomic E-state index is 13.6. The number of carbonyl (C=O) groups excluding carboxylic acids is 1. The third kappa shape index (κ3) is 3.25. The minimum atomic E-state index is -0.700. The van der Waals surface area contributed by atoms with Crippen LogP contribution in [0.1, 0.15) is 15.9 Å². The number of primary amides is 1. The van der Waals surface area contributed by atoms with Gasteiger partial charge in [0.15, 0.2) is 0 Å². The van der Waals surface area contributed by atoms with E-state index in [0.29, 0.717) is 5.75 Å². The molecule has 19 heavy (non-hydrogen) atoms. The summed E-state index contributed by atoms with van der Waals surface area (Å²) in [6, 6.07) is 6.39. The van der Waals surface area contributed by atoms with Crippen molar-refractivity contribution in [3.63, 3.8) is 0 Å². The summed E-state index contributed by atoms with van der Waals surface area (Å²) in [6.45, 7) is -0.0574. The molecule has 2 N–H and O–H groups in total. The van der Waals surface area contributed by atoms with Crippen LogP contribution in [0.25, 0.3) is 0 Å². The van der Waals surface area contributed by atoms with Gasteiger partial charge in [-0.3, -0.25) is 4.79 Å². The maximum absolute atomic E-state index is 13.6. The van der Waals surface area contributed by atoms with Crippen LogP contribution in [0, 0.1) is 11.8 Å². The third-order valence-electron chi connectivity index (χ3n) is 2.43. The van der Waals surface area contributed by atoms with Gasteiger partial charge in [0.05, 0.1) is 6.20 Å². The number of pyridine rings is 1. The molecule has 0 aliphatic heterocycles. The van der Waals surface area contributed by atoms with Gasteiger partial charge in [-0.15, -0.1) is 0 Å². The summed E-state index contributed by atoms with van der Waals surface area (Å²) in [6.07, 6.45) is 1.20. The van der Waals surface area contributed by atoms with Gasteiger partial charge in [0.2, 0.25) is 11.9 Å². The molecule has 0 saturated carbocycles. The first-order valence-corrected chi connectivity index (χ1v) is 5.39. The molecule has 0 atom stereocenters. The summed E-state index contributed by atoms with van der Waals surface area (Å²) in [5.41, 5.74) is 5.38. The van der Waals surface area contributed by atoms with Crippen molar-refractivity contribution in [3.05, 3.63) is 59.4 Å². The molecule has 2 rings (SSSR count). The molecule has 0 bridgehead atoms. The molecule has 2 aromatic rings. The molecule has 1 aromatic heterocycles. The van der Waals surface area contributed by atoms with Gasteiger partial charge in [0.25, 0.3) is 0 Å². The van der Waals surface area contributed by atoms with Crippen LogP contribution in [0.3, 0.4) is 0 Å². The summed E-state index contributed by atoms with van der Waals surface area (Å²) < 4.78 is 31.4. The lowest BCUT2D eigenvalue weighted by Crippen LogP contribution is -2.11. The molecule has 1 aromatic carbocycles. The van der Waals surface area contributed by atoms with Crippen LogP contribution in [0.5, 0.6) is 5.75 Å². The molecular weight excluding hydrogens is 254 g/mol. The number of aromatic nitrogens is 1. The Hall–Kier alpha value is -2.50.